The van der Waals surface area contributed by atoms with E-state index < -0.39 is 0 Å². The summed E-state index contributed by atoms with van der Waals surface area (Å²) in [4.78, 5) is 10.9. The summed E-state index contributed by atoms with van der Waals surface area (Å²) in [6.07, 6.45) is 4.59. The van der Waals surface area contributed by atoms with Gasteiger partial charge in [0, 0.05) is 6.54 Å². The highest BCUT2D eigenvalue weighted by molar-refractivity contribution is 4.62. The molecule has 0 amide bonds. The zero-order valence-corrected chi connectivity index (χ0v) is 6.99. The Morgan fingerprint density at radius 3 is 2.92 bits per heavy atom. The SMILES string of the molecule is NCCCCCn1cn[nH]c1=O. The number of rotatable bonds is 5. The number of hydrogen-bond acceptors (Lipinski definition) is 3. The van der Waals surface area contributed by atoms with Gasteiger partial charge >= 0.3 is 5.69 Å². The van der Waals surface area contributed by atoms with Crippen LogP contribution in [0.25, 0.3) is 0 Å². The number of aromatic amines is 1. The molecule has 0 radical (unpaired) electrons. The minimum Gasteiger partial charge on any atom is -0.330 e. The molecule has 0 fully saturated rings. The molecule has 1 rings (SSSR count). The predicted octanol–water partition coefficient (Wildman–Crippen LogP) is -0.300. The highest BCUT2D eigenvalue weighted by Crippen LogP contribution is 1.94. The van der Waals surface area contributed by atoms with Gasteiger partial charge in [0.05, 0.1) is 0 Å². The maximum absolute atomic E-state index is 10.9. The fraction of sp³-hybridized carbons (Fsp3) is 0.714. The molecule has 0 saturated carbocycles. The molecular weight excluding hydrogens is 156 g/mol. The fourth-order valence-electron chi connectivity index (χ4n) is 1.03. The first-order valence-electron chi connectivity index (χ1n) is 4.14. The molecule has 0 atom stereocenters. The van der Waals surface area contributed by atoms with E-state index in [1.54, 1.807) is 4.57 Å². The highest BCUT2D eigenvalue weighted by atomic mass is 16.1. The zero-order chi connectivity index (χ0) is 8.81. The highest BCUT2D eigenvalue weighted by Gasteiger charge is 1.95. The van der Waals surface area contributed by atoms with Gasteiger partial charge in [0.15, 0.2) is 0 Å². The van der Waals surface area contributed by atoms with Crippen molar-refractivity contribution < 1.29 is 0 Å². The van der Waals surface area contributed by atoms with Crippen molar-refractivity contribution in [1.82, 2.24) is 14.8 Å². The molecule has 0 unspecified atom stereocenters. The Kier molecular flexibility index (Phi) is 3.53. The molecule has 1 aromatic rings. The van der Waals surface area contributed by atoms with E-state index in [2.05, 4.69) is 10.2 Å². The summed E-state index contributed by atoms with van der Waals surface area (Å²) in [7, 11) is 0. The number of unbranched alkanes of at least 4 members (excludes halogenated alkanes) is 2. The van der Waals surface area contributed by atoms with Gasteiger partial charge in [-0.2, -0.15) is 5.10 Å². The van der Waals surface area contributed by atoms with Gasteiger partial charge in [-0.05, 0) is 19.4 Å². The van der Waals surface area contributed by atoms with E-state index in [1.807, 2.05) is 0 Å². The van der Waals surface area contributed by atoms with Crippen LogP contribution in [0.3, 0.4) is 0 Å². The molecule has 0 bridgehead atoms. The van der Waals surface area contributed by atoms with Gasteiger partial charge in [0.1, 0.15) is 6.33 Å². The third-order valence-electron chi connectivity index (χ3n) is 1.72. The molecule has 1 heterocycles. The largest absolute Gasteiger partial charge is 0.343 e. The molecule has 5 nitrogen and oxygen atoms in total. The molecule has 1 aromatic heterocycles. The molecule has 3 N–H and O–H groups in total. The number of hydrogen-bond donors (Lipinski definition) is 2. The number of nitrogens with two attached hydrogens (primary N) is 1. The van der Waals surface area contributed by atoms with Crippen molar-refractivity contribution in [3.05, 3.63) is 16.8 Å². The average Bonchev–Trinajstić information content (AvgIpc) is 2.46. The quantitative estimate of drug-likeness (QED) is 0.596. The maximum atomic E-state index is 10.9. The Morgan fingerprint density at radius 1 is 1.50 bits per heavy atom. The first-order valence-corrected chi connectivity index (χ1v) is 4.14. The summed E-state index contributed by atoms with van der Waals surface area (Å²) in [5.41, 5.74) is 5.19. The number of aryl methyl sites for hydroxylation is 1. The normalized spacial score (nSPS) is 10.4. The molecule has 0 aliphatic carbocycles. The van der Waals surface area contributed by atoms with Crippen LogP contribution in [-0.2, 0) is 6.54 Å². The fourth-order valence-corrected chi connectivity index (χ4v) is 1.03. The number of nitrogens with one attached hydrogen (secondary N) is 1. The Labute approximate surface area is 70.6 Å². The van der Waals surface area contributed by atoms with Crippen molar-refractivity contribution in [2.75, 3.05) is 6.54 Å². The second-order valence-electron chi connectivity index (χ2n) is 2.70. The Morgan fingerprint density at radius 2 is 2.33 bits per heavy atom. The molecule has 0 aliphatic rings. The van der Waals surface area contributed by atoms with Crippen LogP contribution in [0.5, 0.6) is 0 Å². The van der Waals surface area contributed by atoms with Crippen molar-refractivity contribution in [2.45, 2.75) is 25.8 Å². The zero-order valence-electron chi connectivity index (χ0n) is 6.99. The third kappa shape index (κ3) is 2.50. The maximum Gasteiger partial charge on any atom is 0.343 e. The smallest absolute Gasteiger partial charge is 0.330 e. The summed E-state index contributed by atoms with van der Waals surface area (Å²) in [5, 5.41) is 5.96. The third-order valence-corrected chi connectivity index (χ3v) is 1.72. The summed E-state index contributed by atoms with van der Waals surface area (Å²) in [6.45, 7) is 1.45. The van der Waals surface area contributed by atoms with Gasteiger partial charge < -0.3 is 5.73 Å². The molecule has 68 valence electrons. The second-order valence-corrected chi connectivity index (χ2v) is 2.70. The monoisotopic (exact) mass is 170 g/mol. The standard InChI is InChI=1S/C7H14N4O/c8-4-2-1-3-5-11-6-9-10-7(11)12/h6H,1-5,8H2,(H,10,12). The van der Waals surface area contributed by atoms with Gasteiger partial charge in [-0.15, -0.1) is 0 Å². The summed E-state index contributed by atoms with van der Waals surface area (Å²) in [5.74, 6) is 0. The van der Waals surface area contributed by atoms with Crippen LogP contribution in [-0.4, -0.2) is 21.3 Å². The number of nitrogens with zero attached hydrogens (tertiary/aromatic N) is 2. The van der Waals surface area contributed by atoms with Gasteiger partial charge in [-0.3, -0.25) is 4.57 Å². The van der Waals surface area contributed by atoms with E-state index >= 15 is 0 Å². The van der Waals surface area contributed by atoms with Gasteiger partial charge in [-0.1, -0.05) is 6.42 Å². The van der Waals surface area contributed by atoms with E-state index in [-0.39, 0.29) is 5.69 Å². The van der Waals surface area contributed by atoms with E-state index in [4.69, 9.17) is 5.73 Å². The Hall–Kier alpha value is -1.10. The van der Waals surface area contributed by atoms with Crippen LogP contribution in [0.4, 0.5) is 0 Å². The van der Waals surface area contributed by atoms with Crippen LogP contribution < -0.4 is 11.4 Å². The van der Waals surface area contributed by atoms with Gasteiger partial charge in [0.25, 0.3) is 0 Å². The van der Waals surface area contributed by atoms with Crippen molar-refractivity contribution in [3.8, 4) is 0 Å². The van der Waals surface area contributed by atoms with Crippen molar-refractivity contribution in [3.63, 3.8) is 0 Å². The lowest BCUT2D eigenvalue weighted by Gasteiger charge is -1.98. The number of H-pyrrole nitrogens is 1. The van der Waals surface area contributed by atoms with Crippen LogP contribution in [0.15, 0.2) is 11.1 Å². The first-order chi connectivity index (χ1) is 5.84. The van der Waals surface area contributed by atoms with Crippen LogP contribution in [0.1, 0.15) is 19.3 Å². The molecule has 12 heavy (non-hydrogen) atoms. The molecular formula is C7H14N4O. The molecule has 5 heteroatoms. The Balaban J connectivity index is 2.24. The van der Waals surface area contributed by atoms with E-state index in [9.17, 15) is 4.79 Å². The average molecular weight is 170 g/mol. The lowest BCUT2D eigenvalue weighted by molar-refractivity contribution is 0.579. The molecule has 0 aromatic carbocycles. The Bertz CT molecular complexity index is 264. The lowest BCUT2D eigenvalue weighted by Crippen LogP contribution is -2.16. The van der Waals surface area contributed by atoms with Crippen LogP contribution >= 0.6 is 0 Å². The van der Waals surface area contributed by atoms with Crippen molar-refractivity contribution >= 4 is 0 Å². The van der Waals surface area contributed by atoms with Crippen LogP contribution in [0, 0.1) is 0 Å². The first kappa shape index (κ1) is 8.99. The summed E-state index contributed by atoms with van der Waals surface area (Å²) < 4.78 is 1.57. The topological polar surface area (TPSA) is 76.7 Å². The predicted molar refractivity (Wildman–Crippen MR) is 45.8 cm³/mol. The van der Waals surface area contributed by atoms with E-state index in [0.29, 0.717) is 0 Å². The minimum atomic E-state index is -0.136. The van der Waals surface area contributed by atoms with E-state index in [0.717, 1.165) is 32.4 Å². The van der Waals surface area contributed by atoms with E-state index in [1.165, 1.54) is 6.33 Å². The number of aromatic nitrogens is 3. The van der Waals surface area contributed by atoms with Crippen LogP contribution in [0.2, 0.25) is 0 Å². The van der Waals surface area contributed by atoms with Gasteiger partial charge in [-0.25, -0.2) is 9.89 Å². The van der Waals surface area contributed by atoms with Crippen molar-refractivity contribution in [2.24, 2.45) is 5.73 Å². The molecule has 0 saturated heterocycles. The summed E-state index contributed by atoms with van der Waals surface area (Å²) >= 11 is 0. The van der Waals surface area contributed by atoms with Crippen molar-refractivity contribution in [1.29, 1.82) is 0 Å². The minimum absolute atomic E-state index is 0.136. The van der Waals surface area contributed by atoms with Gasteiger partial charge in [0.2, 0.25) is 0 Å². The molecule has 0 aliphatic heterocycles. The molecule has 0 spiro atoms. The summed E-state index contributed by atoms with van der Waals surface area (Å²) in [6, 6.07) is 0. The second kappa shape index (κ2) is 4.71. The lowest BCUT2D eigenvalue weighted by atomic mass is 10.2.